The molecule has 0 heterocycles. The van der Waals surface area contributed by atoms with Crippen LogP contribution in [0, 0.1) is 0 Å². The van der Waals surface area contributed by atoms with E-state index in [4.69, 9.17) is 0 Å². The van der Waals surface area contributed by atoms with Crippen LogP contribution >= 0.6 is 15.9 Å². The first-order valence-electron chi connectivity index (χ1n) is 9.62. The third-order valence-corrected chi connectivity index (χ3v) is 6.85. The number of rotatable bonds is 9. The summed E-state index contributed by atoms with van der Waals surface area (Å²) >= 11 is 3.31. The normalized spacial score (nSPS) is 11.7. The molecule has 0 aliphatic heterocycles. The fourth-order valence-electron chi connectivity index (χ4n) is 2.85. The van der Waals surface area contributed by atoms with Crippen molar-refractivity contribution in [1.29, 1.82) is 0 Å². The highest BCUT2D eigenvalue weighted by atomic mass is 79.9. The van der Waals surface area contributed by atoms with Gasteiger partial charge in [-0.05, 0) is 41.8 Å². The molecule has 0 fully saturated rings. The lowest BCUT2D eigenvalue weighted by molar-refractivity contribution is -0.121. The van der Waals surface area contributed by atoms with Gasteiger partial charge in [0, 0.05) is 11.0 Å². The molecular formula is C23H22BrN3O3S. The number of nitrogens with one attached hydrogen (secondary N) is 1. The van der Waals surface area contributed by atoms with E-state index in [9.17, 15) is 13.2 Å². The van der Waals surface area contributed by atoms with Gasteiger partial charge >= 0.3 is 0 Å². The largest absolute Gasteiger partial charge is 0.272 e. The molecule has 3 rings (SSSR count). The molecule has 0 aliphatic carbocycles. The second-order valence-corrected chi connectivity index (χ2v) is 9.59. The lowest BCUT2D eigenvalue weighted by Gasteiger charge is -2.21. The lowest BCUT2D eigenvalue weighted by Crippen LogP contribution is -2.40. The van der Waals surface area contributed by atoms with E-state index in [0.29, 0.717) is 6.42 Å². The third kappa shape index (κ3) is 6.85. The van der Waals surface area contributed by atoms with E-state index in [1.807, 2.05) is 60.7 Å². The van der Waals surface area contributed by atoms with Crippen LogP contribution in [0.3, 0.4) is 0 Å². The van der Waals surface area contributed by atoms with Gasteiger partial charge < -0.3 is 0 Å². The highest BCUT2D eigenvalue weighted by Gasteiger charge is 2.26. The van der Waals surface area contributed by atoms with Gasteiger partial charge in [-0.1, -0.05) is 76.6 Å². The molecule has 0 spiro atoms. The van der Waals surface area contributed by atoms with E-state index in [0.717, 1.165) is 15.6 Å². The van der Waals surface area contributed by atoms with Gasteiger partial charge in [0.15, 0.2) is 0 Å². The molecule has 0 radical (unpaired) electrons. The van der Waals surface area contributed by atoms with E-state index < -0.39 is 15.9 Å². The maximum atomic E-state index is 13.2. The summed E-state index contributed by atoms with van der Waals surface area (Å²) in [6, 6.07) is 25.2. The summed E-state index contributed by atoms with van der Waals surface area (Å²) in [6.07, 6.45) is 1.99. The Labute approximate surface area is 190 Å². The number of hydrogen-bond acceptors (Lipinski definition) is 4. The number of benzene rings is 3. The van der Waals surface area contributed by atoms with Crippen molar-refractivity contribution in [2.24, 2.45) is 5.10 Å². The second-order valence-electron chi connectivity index (χ2n) is 6.73. The number of carbonyl (C=O) groups excluding carboxylic acids is 1. The molecular weight excluding hydrogens is 478 g/mol. The molecule has 0 aromatic heterocycles. The Hall–Kier alpha value is -2.81. The minimum absolute atomic E-state index is 0.129. The molecule has 0 saturated carbocycles. The minimum atomic E-state index is -3.86. The number of sulfonamides is 1. The monoisotopic (exact) mass is 499 g/mol. The van der Waals surface area contributed by atoms with E-state index in [1.54, 1.807) is 12.1 Å². The Morgan fingerprint density at radius 2 is 1.55 bits per heavy atom. The number of amides is 1. The molecule has 0 bridgehead atoms. The molecule has 6 nitrogen and oxygen atoms in total. The Morgan fingerprint density at radius 3 is 2.19 bits per heavy atom. The van der Waals surface area contributed by atoms with Crippen molar-refractivity contribution in [2.45, 2.75) is 11.3 Å². The summed E-state index contributed by atoms with van der Waals surface area (Å²) < 4.78 is 28.3. The molecule has 3 aromatic rings. The van der Waals surface area contributed by atoms with Crippen LogP contribution in [0.4, 0.5) is 0 Å². The number of hydrazone groups is 1. The van der Waals surface area contributed by atoms with Gasteiger partial charge in [-0.15, -0.1) is 0 Å². The Kier molecular flexibility index (Phi) is 8.11. The van der Waals surface area contributed by atoms with Gasteiger partial charge in [-0.2, -0.15) is 9.41 Å². The number of hydrogen-bond donors (Lipinski definition) is 1. The number of carbonyl (C=O) groups is 1. The molecule has 1 amide bonds. The minimum Gasteiger partial charge on any atom is -0.272 e. The standard InChI is InChI=1S/C23H22BrN3O3S/c24-21-11-13-22(14-12-21)31(29,30)27(16-15-19-7-3-1-4-8-19)18-23(28)26-25-17-20-9-5-2-6-10-20/h1-14,17H,15-16,18H2,(H,26,28). The molecule has 0 aliphatic rings. The summed E-state index contributed by atoms with van der Waals surface area (Å²) in [6.45, 7) is -0.171. The summed E-state index contributed by atoms with van der Waals surface area (Å²) in [7, 11) is -3.86. The molecule has 8 heteroatoms. The Morgan fingerprint density at radius 1 is 0.935 bits per heavy atom. The zero-order valence-corrected chi connectivity index (χ0v) is 19.1. The summed E-state index contributed by atoms with van der Waals surface area (Å²) in [4.78, 5) is 12.6. The van der Waals surface area contributed by atoms with Crippen LogP contribution in [-0.2, 0) is 21.2 Å². The number of nitrogens with zero attached hydrogens (tertiary/aromatic N) is 2. The van der Waals surface area contributed by atoms with Crippen LogP contribution in [-0.4, -0.2) is 37.9 Å². The Balaban J connectivity index is 1.73. The van der Waals surface area contributed by atoms with Gasteiger partial charge in [-0.25, -0.2) is 13.8 Å². The maximum Gasteiger partial charge on any atom is 0.255 e. The van der Waals surface area contributed by atoms with Crippen molar-refractivity contribution >= 4 is 38.1 Å². The summed E-state index contributed by atoms with van der Waals surface area (Å²) in [5, 5.41) is 3.93. The fourth-order valence-corrected chi connectivity index (χ4v) is 4.51. The van der Waals surface area contributed by atoms with Gasteiger partial charge in [-0.3, -0.25) is 4.79 Å². The predicted molar refractivity (Wildman–Crippen MR) is 125 cm³/mol. The van der Waals surface area contributed by atoms with Crippen molar-refractivity contribution in [3.05, 3.63) is 101 Å². The summed E-state index contributed by atoms with van der Waals surface area (Å²) in [5.74, 6) is -0.513. The zero-order valence-electron chi connectivity index (χ0n) is 16.7. The average molecular weight is 500 g/mol. The van der Waals surface area contributed by atoms with Crippen molar-refractivity contribution in [1.82, 2.24) is 9.73 Å². The fraction of sp³-hybridized carbons (Fsp3) is 0.130. The predicted octanol–water partition coefficient (Wildman–Crippen LogP) is 3.83. The van der Waals surface area contributed by atoms with Gasteiger partial charge in [0.05, 0.1) is 17.7 Å². The molecule has 1 N–H and O–H groups in total. The molecule has 0 saturated heterocycles. The molecule has 0 atom stereocenters. The molecule has 31 heavy (non-hydrogen) atoms. The topological polar surface area (TPSA) is 78.8 Å². The van der Waals surface area contributed by atoms with Crippen LogP contribution < -0.4 is 5.43 Å². The molecule has 3 aromatic carbocycles. The molecule has 160 valence electrons. The van der Waals surface area contributed by atoms with Crippen LogP contribution in [0.25, 0.3) is 0 Å². The molecule has 0 unspecified atom stereocenters. The van der Waals surface area contributed by atoms with E-state index in [1.165, 1.54) is 22.7 Å². The zero-order chi connectivity index (χ0) is 22.1. The first-order valence-corrected chi connectivity index (χ1v) is 11.8. The smallest absolute Gasteiger partial charge is 0.255 e. The van der Waals surface area contributed by atoms with Crippen LogP contribution in [0.15, 0.2) is 99.4 Å². The SMILES string of the molecule is O=C(CN(CCc1ccccc1)S(=O)(=O)c1ccc(Br)cc1)NN=Cc1ccccc1. The highest BCUT2D eigenvalue weighted by Crippen LogP contribution is 2.19. The van der Waals surface area contributed by atoms with Gasteiger partial charge in [0.25, 0.3) is 5.91 Å². The second kappa shape index (κ2) is 11.0. The van der Waals surface area contributed by atoms with Gasteiger partial charge in [0.1, 0.15) is 0 Å². The van der Waals surface area contributed by atoms with E-state index in [2.05, 4.69) is 26.5 Å². The number of halogens is 1. The summed E-state index contributed by atoms with van der Waals surface area (Å²) in [5.41, 5.74) is 4.22. The van der Waals surface area contributed by atoms with Crippen molar-refractivity contribution in [3.63, 3.8) is 0 Å². The van der Waals surface area contributed by atoms with Crippen LogP contribution in [0.5, 0.6) is 0 Å². The maximum absolute atomic E-state index is 13.2. The van der Waals surface area contributed by atoms with Crippen LogP contribution in [0.2, 0.25) is 0 Å². The van der Waals surface area contributed by atoms with Crippen LogP contribution in [0.1, 0.15) is 11.1 Å². The van der Waals surface area contributed by atoms with E-state index in [-0.39, 0.29) is 18.0 Å². The Bertz CT molecular complexity index is 1120. The first kappa shape index (κ1) is 22.9. The lowest BCUT2D eigenvalue weighted by atomic mass is 10.1. The van der Waals surface area contributed by atoms with Crippen molar-refractivity contribution in [3.8, 4) is 0 Å². The van der Waals surface area contributed by atoms with Crippen molar-refractivity contribution in [2.75, 3.05) is 13.1 Å². The van der Waals surface area contributed by atoms with Gasteiger partial charge in [0.2, 0.25) is 10.0 Å². The highest BCUT2D eigenvalue weighted by molar-refractivity contribution is 9.10. The third-order valence-electron chi connectivity index (χ3n) is 4.47. The average Bonchev–Trinajstić information content (AvgIpc) is 2.78. The quantitative estimate of drug-likeness (QED) is 0.358. The first-order chi connectivity index (χ1) is 14.9. The van der Waals surface area contributed by atoms with Crippen molar-refractivity contribution < 1.29 is 13.2 Å². The van der Waals surface area contributed by atoms with E-state index >= 15 is 0 Å².